The maximum absolute atomic E-state index is 12.6. The molecule has 6 nitrogen and oxygen atoms in total. The van der Waals surface area contributed by atoms with Crippen LogP contribution in [0.5, 0.6) is 0 Å². The molecule has 26 heavy (non-hydrogen) atoms. The number of pyridine rings is 1. The summed E-state index contributed by atoms with van der Waals surface area (Å²) in [5.41, 5.74) is 3.24. The molecule has 0 radical (unpaired) electrons. The minimum absolute atomic E-state index is 0.0206. The van der Waals surface area contributed by atoms with Gasteiger partial charge in [-0.05, 0) is 48.6 Å². The number of nitrogens with zero attached hydrogens (tertiary/aromatic N) is 3. The molecule has 2 aliphatic rings. The van der Waals surface area contributed by atoms with Crippen LogP contribution in [0.2, 0.25) is 0 Å². The molecule has 1 atom stereocenters. The zero-order chi connectivity index (χ0) is 17.9. The van der Waals surface area contributed by atoms with Crippen LogP contribution in [0.4, 0.5) is 10.5 Å². The van der Waals surface area contributed by atoms with Crippen molar-refractivity contribution in [2.45, 2.75) is 25.3 Å². The first kappa shape index (κ1) is 16.6. The Morgan fingerprint density at radius 2 is 1.92 bits per heavy atom. The highest BCUT2D eigenvalue weighted by atomic mass is 16.2. The SMILES string of the molecule is O=C(CNC(=O)N1CCCC1c1ccncc1)N1CCc2ccccc21. The molecule has 1 aromatic carbocycles. The Labute approximate surface area is 152 Å². The van der Waals surface area contributed by atoms with Gasteiger partial charge >= 0.3 is 6.03 Å². The molecule has 0 aliphatic carbocycles. The van der Waals surface area contributed by atoms with E-state index in [1.807, 2.05) is 41.3 Å². The molecule has 0 saturated carbocycles. The van der Waals surface area contributed by atoms with Crippen molar-refractivity contribution in [1.82, 2.24) is 15.2 Å². The third-order valence-corrected chi connectivity index (χ3v) is 5.18. The fraction of sp³-hybridized carbons (Fsp3) is 0.350. The van der Waals surface area contributed by atoms with E-state index in [-0.39, 0.29) is 24.5 Å². The zero-order valence-electron chi connectivity index (χ0n) is 14.6. The number of aromatic nitrogens is 1. The maximum Gasteiger partial charge on any atom is 0.318 e. The predicted molar refractivity (Wildman–Crippen MR) is 98.8 cm³/mol. The van der Waals surface area contributed by atoms with Crippen molar-refractivity contribution in [3.63, 3.8) is 0 Å². The lowest BCUT2D eigenvalue weighted by atomic mass is 10.1. The van der Waals surface area contributed by atoms with Crippen LogP contribution < -0.4 is 10.2 Å². The van der Waals surface area contributed by atoms with Crippen molar-refractivity contribution in [2.24, 2.45) is 0 Å². The van der Waals surface area contributed by atoms with Crippen LogP contribution in [0.15, 0.2) is 48.8 Å². The number of amides is 3. The number of urea groups is 1. The normalized spacial score (nSPS) is 18.7. The molecule has 1 N–H and O–H groups in total. The molecule has 3 amide bonds. The van der Waals surface area contributed by atoms with Gasteiger partial charge in [0.15, 0.2) is 0 Å². The molecule has 6 heteroatoms. The van der Waals surface area contributed by atoms with Gasteiger partial charge in [-0.1, -0.05) is 18.2 Å². The second-order valence-corrected chi connectivity index (χ2v) is 6.71. The molecule has 0 spiro atoms. The number of benzene rings is 1. The van der Waals surface area contributed by atoms with E-state index in [0.717, 1.165) is 30.5 Å². The van der Waals surface area contributed by atoms with Gasteiger partial charge in [0.05, 0.1) is 12.6 Å². The number of hydrogen-bond donors (Lipinski definition) is 1. The van der Waals surface area contributed by atoms with Crippen molar-refractivity contribution < 1.29 is 9.59 Å². The Morgan fingerprint density at radius 3 is 2.77 bits per heavy atom. The molecule has 3 heterocycles. The summed E-state index contributed by atoms with van der Waals surface area (Å²) in [4.78, 5) is 32.8. The highest BCUT2D eigenvalue weighted by molar-refractivity contribution is 5.98. The van der Waals surface area contributed by atoms with Crippen LogP contribution in [0, 0.1) is 0 Å². The third kappa shape index (κ3) is 3.14. The van der Waals surface area contributed by atoms with Gasteiger partial charge in [0, 0.05) is 31.2 Å². The molecule has 4 rings (SSSR count). The molecule has 2 aliphatic heterocycles. The molecule has 134 valence electrons. The average Bonchev–Trinajstić information content (AvgIpc) is 3.33. The Bertz CT molecular complexity index is 808. The van der Waals surface area contributed by atoms with Crippen LogP contribution >= 0.6 is 0 Å². The summed E-state index contributed by atoms with van der Waals surface area (Å²) < 4.78 is 0. The van der Waals surface area contributed by atoms with Gasteiger partial charge in [0.2, 0.25) is 5.91 Å². The summed E-state index contributed by atoms with van der Waals surface area (Å²) in [5, 5.41) is 2.81. The highest BCUT2D eigenvalue weighted by Crippen LogP contribution is 2.31. The van der Waals surface area contributed by atoms with Gasteiger partial charge in [0.25, 0.3) is 0 Å². The van der Waals surface area contributed by atoms with E-state index in [0.29, 0.717) is 13.1 Å². The van der Waals surface area contributed by atoms with Crippen molar-refractivity contribution in [1.29, 1.82) is 0 Å². The van der Waals surface area contributed by atoms with Crippen LogP contribution in [0.25, 0.3) is 0 Å². The monoisotopic (exact) mass is 350 g/mol. The van der Waals surface area contributed by atoms with Crippen molar-refractivity contribution in [3.8, 4) is 0 Å². The molecule has 1 saturated heterocycles. The van der Waals surface area contributed by atoms with Crippen molar-refractivity contribution >= 4 is 17.6 Å². The number of hydrogen-bond acceptors (Lipinski definition) is 3. The van der Waals surface area contributed by atoms with Crippen LogP contribution in [-0.2, 0) is 11.2 Å². The van der Waals surface area contributed by atoms with Crippen LogP contribution in [-0.4, -0.2) is 41.5 Å². The second-order valence-electron chi connectivity index (χ2n) is 6.71. The topological polar surface area (TPSA) is 65.5 Å². The standard InChI is InChI=1S/C20H22N4O2/c25-19(23-13-9-15-4-1-2-5-17(15)23)14-22-20(26)24-12-3-6-18(24)16-7-10-21-11-8-16/h1-2,4-5,7-8,10-11,18H,3,6,9,12-14H2,(H,22,26). The smallest absolute Gasteiger partial charge is 0.318 e. The summed E-state index contributed by atoms with van der Waals surface area (Å²) in [6.07, 6.45) is 6.26. The second kappa shape index (κ2) is 7.15. The summed E-state index contributed by atoms with van der Waals surface area (Å²) in [6.45, 7) is 1.41. The zero-order valence-corrected chi connectivity index (χ0v) is 14.6. The number of carbonyl (C=O) groups excluding carboxylic acids is 2. The van der Waals surface area contributed by atoms with Gasteiger partial charge in [-0.3, -0.25) is 9.78 Å². The summed E-state index contributed by atoms with van der Waals surface area (Å²) in [5.74, 6) is -0.0667. The molecule has 2 aromatic rings. The summed E-state index contributed by atoms with van der Waals surface area (Å²) in [6, 6.07) is 11.7. The van der Waals surface area contributed by atoms with E-state index in [4.69, 9.17) is 0 Å². The molecular weight excluding hydrogens is 328 g/mol. The minimum atomic E-state index is -0.176. The number of nitrogens with one attached hydrogen (secondary N) is 1. The molecule has 1 unspecified atom stereocenters. The summed E-state index contributed by atoms with van der Waals surface area (Å²) in [7, 11) is 0. The van der Waals surface area contributed by atoms with E-state index in [1.165, 1.54) is 5.56 Å². The lowest BCUT2D eigenvalue weighted by Crippen LogP contribution is -2.45. The summed E-state index contributed by atoms with van der Waals surface area (Å²) >= 11 is 0. The third-order valence-electron chi connectivity index (χ3n) is 5.18. The number of anilines is 1. The number of para-hydroxylation sites is 1. The lowest BCUT2D eigenvalue weighted by Gasteiger charge is -2.26. The Kier molecular flexibility index (Phi) is 4.56. The molecule has 1 aromatic heterocycles. The van der Waals surface area contributed by atoms with E-state index in [9.17, 15) is 9.59 Å². The van der Waals surface area contributed by atoms with E-state index >= 15 is 0 Å². The van der Waals surface area contributed by atoms with Crippen molar-refractivity contribution in [2.75, 3.05) is 24.5 Å². The fourth-order valence-corrected chi connectivity index (χ4v) is 3.89. The first-order chi connectivity index (χ1) is 12.7. The lowest BCUT2D eigenvalue weighted by molar-refractivity contribution is -0.117. The first-order valence-corrected chi connectivity index (χ1v) is 9.07. The predicted octanol–water partition coefficient (Wildman–Crippen LogP) is 2.52. The largest absolute Gasteiger partial charge is 0.329 e. The Balaban J connectivity index is 1.37. The minimum Gasteiger partial charge on any atom is -0.329 e. The van der Waals surface area contributed by atoms with E-state index in [2.05, 4.69) is 10.3 Å². The van der Waals surface area contributed by atoms with Gasteiger partial charge in [-0.2, -0.15) is 0 Å². The molecule has 0 bridgehead atoms. The first-order valence-electron chi connectivity index (χ1n) is 9.07. The van der Waals surface area contributed by atoms with Crippen LogP contribution in [0.3, 0.4) is 0 Å². The highest BCUT2D eigenvalue weighted by Gasteiger charge is 2.31. The Morgan fingerprint density at radius 1 is 1.12 bits per heavy atom. The van der Waals surface area contributed by atoms with Crippen LogP contribution in [0.1, 0.15) is 30.0 Å². The number of likely N-dealkylation sites (tertiary alicyclic amines) is 1. The van der Waals surface area contributed by atoms with Gasteiger partial charge in [-0.15, -0.1) is 0 Å². The average molecular weight is 350 g/mol. The Hall–Kier alpha value is -2.89. The molecule has 1 fully saturated rings. The van der Waals surface area contributed by atoms with Gasteiger partial charge < -0.3 is 15.1 Å². The molecular formula is C20H22N4O2. The number of fused-ring (bicyclic) bond motifs is 1. The van der Waals surface area contributed by atoms with E-state index in [1.54, 1.807) is 17.3 Å². The van der Waals surface area contributed by atoms with Gasteiger partial charge in [-0.25, -0.2) is 4.79 Å². The number of rotatable bonds is 3. The fourth-order valence-electron chi connectivity index (χ4n) is 3.89. The number of carbonyl (C=O) groups is 2. The van der Waals surface area contributed by atoms with Gasteiger partial charge in [0.1, 0.15) is 0 Å². The van der Waals surface area contributed by atoms with E-state index < -0.39 is 0 Å². The maximum atomic E-state index is 12.6. The quantitative estimate of drug-likeness (QED) is 0.925. The van der Waals surface area contributed by atoms with Crippen molar-refractivity contribution in [3.05, 3.63) is 59.9 Å².